The van der Waals surface area contributed by atoms with Gasteiger partial charge in [0.15, 0.2) is 0 Å². The lowest BCUT2D eigenvalue weighted by atomic mass is 9.92. The summed E-state index contributed by atoms with van der Waals surface area (Å²) < 4.78 is 0. The molecule has 1 N–H and O–H groups in total. The third-order valence-electron chi connectivity index (χ3n) is 4.56. The van der Waals surface area contributed by atoms with E-state index in [2.05, 4.69) is 70.7 Å². The van der Waals surface area contributed by atoms with Crippen LogP contribution in [-0.2, 0) is 6.54 Å². The molecule has 3 heterocycles. The Labute approximate surface area is 138 Å². The van der Waals surface area contributed by atoms with Crippen LogP contribution < -0.4 is 5.32 Å². The van der Waals surface area contributed by atoms with Crippen LogP contribution in [0.1, 0.15) is 12.5 Å². The highest BCUT2D eigenvalue weighted by molar-refractivity contribution is 6.06. The van der Waals surface area contributed by atoms with Crippen LogP contribution in [0.3, 0.4) is 0 Å². The molecule has 0 saturated heterocycles. The SMILES string of the molecule is C[C@@H]1C=C(C2=C3C=CCNC3=N[CH]2)CN(Cc2ccccc2)C1. The second kappa shape index (κ2) is 6.17. The zero-order valence-electron chi connectivity index (χ0n) is 13.5. The van der Waals surface area contributed by atoms with Crippen molar-refractivity contribution in [2.24, 2.45) is 10.9 Å². The number of hydrogen-bond donors (Lipinski definition) is 1. The maximum atomic E-state index is 4.54. The largest absolute Gasteiger partial charge is 0.366 e. The Bertz CT molecular complexity index is 710. The lowest BCUT2D eigenvalue weighted by Crippen LogP contribution is -2.34. The van der Waals surface area contributed by atoms with E-state index >= 15 is 0 Å². The summed E-state index contributed by atoms with van der Waals surface area (Å²) in [7, 11) is 0. The molecule has 1 aromatic rings. The van der Waals surface area contributed by atoms with Crippen molar-refractivity contribution in [3.05, 3.63) is 77.4 Å². The van der Waals surface area contributed by atoms with E-state index in [1.165, 1.54) is 22.3 Å². The summed E-state index contributed by atoms with van der Waals surface area (Å²) in [6.45, 7) is 8.31. The van der Waals surface area contributed by atoms with E-state index in [4.69, 9.17) is 0 Å². The van der Waals surface area contributed by atoms with Gasteiger partial charge >= 0.3 is 0 Å². The average Bonchev–Trinajstić information content (AvgIpc) is 2.99. The molecule has 23 heavy (non-hydrogen) atoms. The number of nitrogens with one attached hydrogen (secondary N) is 1. The minimum Gasteiger partial charge on any atom is -0.366 e. The van der Waals surface area contributed by atoms with Gasteiger partial charge in [-0.2, -0.15) is 0 Å². The molecule has 0 spiro atoms. The zero-order valence-corrected chi connectivity index (χ0v) is 13.5. The Morgan fingerprint density at radius 1 is 1.22 bits per heavy atom. The van der Waals surface area contributed by atoms with E-state index in [-0.39, 0.29) is 0 Å². The van der Waals surface area contributed by atoms with Crippen LogP contribution in [-0.4, -0.2) is 30.4 Å². The molecule has 3 heteroatoms. The predicted octanol–water partition coefficient (Wildman–Crippen LogP) is 3.09. The van der Waals surface area contributed by atoms with Crippen molar-refractivity contribution in [2.45, 2.75) is 13.5 Å². The first-order valence-electron chi connectivity index (χ1n) is 8.33. The van der Waals surface area contributed by atoms with Crippen LogP contribution in [0.4, 0.5) is 0 Å². The van der Waals surface area contributed by atoms with Crippen LogP contribution in [0.15, 0.2) is 70.3 Å². The van der Waals surface area contributed by atoms with Gasteiger partial charge in [0.25, 0.3) is 0 Å². The molecule has 0 saturated carbocycles. The van der Waals surface area contributed by atoms with E-state index in [0.29, 0.717) is 5.92 Å². The quantitative estimate of drug-likeness (QED) is 0.929. The van der Waals surface area contributed by atoms with E-state index < -0.39 is 0 Å². The summed E-state index contributed by atoms with van der Waals surface area (Å²) in [5.74, 6) is 1.59. The minimum absolute atomic E-state index is 0.563. The number of benzene rings is 1. The molecule has 1 atom stereocenters. The lowest BCUT2D eigenvalue weighted by molar-refractivity contribution is 0.252. The fourth-order valence-electron chi connectivity index (χ4n) is 3.59. The highest BCUT2D eigenvalue weighted by Crippen LogP contribution is 2.31. The second-order valence-electron chi connectivity index (χ2n) is 6.54. The smallest absolute Gasteiger partial charge is 0.129 e. The Balaban J connectivity index is 1.56. The Morgan fingerprint density at radius 2 is 2.09 bits per heavy atom. The number of hydrogen-bond acceptors (Lipinski definition) is 3. The third-order valence-corrected chi connectivity index (χ3v) is 4.56. The van der Waals surface area contributed by atoms with Gasteiger partial charge in [0.1, 0.15) is 12.4 Å². The van der Waals surface area contributed by atoms with Crippen LogP contribution in [0.25, 0.3) is 0 Å². The first-order valence-corrected chi connectivity index (χ1v) is 8.33. The molecule has 0 unspecified atom stereocenters. The number of aliphatic imine (C=N–C) groups is 1. The molecule has 0 amide bonds. The number of fused-ring (bicyclic) bond motifs is 1. The van der Waals surface area contributed by atoms with Gasteiger partial charge in [-0.1, -0.05) is 55.5 Å². The van der Waals surface area contributed by atoms with Gasteiger partial charge in [-0.15, -0.1) is 0 Å². The molecule has 4 rings (SSSR count). The van der Waals surface area contributed by atoms with E-state index in [0.717, 1.165) is 32.0 Å². The molecule has 3 aliphatic heterocycles. The standard InChI is InChI=1S/C20H22N3/c1-15-10-17(19-11-22-20-18(19)8-5-9-21-20)14-23(12-15)13-16-6-3-2-4-7-16/h2-8,10-11,15H,9,12-14H2,1H3,(H,21,22)/t15-/m1/s1. The Morgan fingerprint density at radius 3 is 2.96 bits per heavy atom. The number of nitrogens with zero attached hydrogens (tertiary/aromatic N) is 2. The highest BCUT2D eigenvalue weighted by atomic mass is 15.1. The summed E-state index contributed by atoms with van der Waals surface area (Å²) in [4.78, 5) is 7.08. The Hall–Kier alpha value is -2.13. The van der Waals surface area contributed by atoms with Gasteiger partial charge in [0, 0.05) is 31.8 Å². The van der Waals surface area contributed by atoms with Gasteiger partial charge < -0.3 is 5.32 Å². The van der Waals surface area contributed by atoms with Crippen molar-refractivity contribution in [1.29, 1.82) is 0 Å². The molecule has 0 bridgehead atoms. The van der Waals surface area contributed by atoms with Crippen LogP contribution >= 0.6 is 0 Å². The fraction of sp³-hybridized carbons (Fsp3) is 0.300. The van der Waals surface area contributed by atoms with E-state index in [9.17, 15) is 0 Å². The number of amidine groups is 1. The van der Waals surface area contributed by atoms with Gasteiger partial charge in [-0.25, -0.2) is 0 Å². The minimum atomic E-state index is 0.563. The molecule has 0 aromatic heterocycles. The third kappa shape index (κ3) is 3.02. The van der Waals surface area contributed by atoms with Crippen molar-refractivity contribution >= 4 is 5.84 Å². The van der Waals surface area contributed by atoms with Crippen molar-refractivity contribution < 1.29 is 0 Å². The van der Waals surface area contributed by atoms with Crippen molar-refractivity contribution in [1.82, 2.24) is 10.2 Å². The Kier molecular flexibility index (Phi) is 3.88. The van der Waals surface area contributed by atoms with Gasteiger partial charge in [0.2, 0.25) is 0 Å². The van der Waals surface area contributed by atoms with Gasteiger partial charge in [0.05, 0.1) is 0 Å². The van der Waals surface area contributed by atoms with Crippen molar-refractivity contribution in [2.75, 3.05) is 19.6 Å². The molecule has 0 fully saturated rings. The summed E-state index contributed by atoms with van der Waals surface area (Å²) >= 11 is 0. The topological polar surface area (TPSA) is 27.6 Å². The molecular weight excluding hydrogens is 282 g/mol. The second-order valence-corrected chi connectivity index (χ2v) is 6.54. The molecular formula is C20H22N3. The van der Waals surface area contributed by atoms with Crippen molar-refractivity contribution in [3.8, 4) is 0 Å². The highest BCUT2D eigenvalue weighted by Gasteiger charge is 2.26. The maximum Gasteiger partial charge on any atom is 0.129 e. The normalized spacial score (nSPS) is 24.1. The van der Waals surface area contributed by atoms with E-state index in [1.807, 2.05) is 6.54 Å². The molecule has 1 radical (unpaired) electrons. The molecule has 117 valence electrons. The number of rotatable bonds is 3. The van der Waals surface area contributed by atoms with Crippen molar-refractivity contribution in [3.63, 3.8) is 0 Å². The van der Waals surface area contributed by atoms with Crippen LogP contribution in [0, 0.1) is 12.5 Å². The monoisotopic (exact) mass is 304 g/mol. The first-order chi connectivity index (χ1) is 11.3. The summed E-state index contributed by atoms with van der Waals surface area (Å²) in [6.07, 6.45) is 6.79. The predicted molar refractivity (Wildman–Crippen MR) is 94.9 cm³/mol. The molecule has 3 nitrogen and oxygen atoms in total. The van der Waals surface area contributed by atoms with Gasteiger partial charge in [-0.05, 0) is 22.6 Å². The molecule has 3 aliphatic rings. The average molecular weight is 304 g/mol. The summed E-state index contributed by atoms with van der Waals surface area (Å²) in [5, 5.41) is 3.35. The lowest BCUT2D eigenvalue weighted by Gasteiger charge is -2.31. The zero-order chi connectivity index (χ0) is 15.6. The van der Waals surface area contributed by atoms with Crippen LogP contribution in [0.5, 0.6) is 0 Å². The fourth-order valence-corrected chi connectivity index (χ4v) is 3.59. The summed E-state index contributed by atoms with van der Waals surface area (Å²) in [5.41, 5.74) is 5.32. The van der Waals surface area contributed by atoms with E-state index in [1.54, 1.807) is 0 Å². The summed E-state index contributed by atoms with van der Waals surface area (Å²) in [6, 6.07) is 10.7. The first kappa shape index (κ1) is 14.5. The maximum absolute atomic E-state index is 4.54. The van der Waals surface area contributed by atoms with Crippen LogP contribution in [0.2, 0.25) is 0 Å². The molecule has 1 aromatic carbocycles. The van der Waals surface area contributed by atoms with Gasteiger partial charge in [-0.3, -0.25) is 9.89 Å². The molecule has 0 aliphatic carbocycles.